The molecule has 0 unspecified atom stereocenters. The number of benzene rings is 2. The molecule has 0 heterocycles. The molecule has 2 nitrogen and oxygen atoms in total. The van der Waals surface area contributed by atoms with E-state index in [1.165, 1.54) is 0 Å². The van der Waals surface area contributed by atoms with E-state index in [-0.39, 0.29) is 0 Å². The molecule has 0 aliphatic heterocycles. The van der Waals surface area contributed by atoms with Gasteiger partial charge in [-0.25, -0.2) is 0 Å². The maximum atomic E-state index is 5.90. The number of ether oxygens (including phenoxy) is 1. The Morgan fingerprint density at radius 2 is 2.00 bits per heavy atom. The standard InChI is InChI=1S/C13H9BrClNOS/c14-8-4-5-11(13(16)18)12(6-8)17-10-3-1-2-9(15)7-10/h1-7H,(H2,16,18). The van der Waals surface area contributed by atoms with Crippen LogP contribution in [-0.2, 0) is 0 Å². The van der Waals surface area contributed by atoms with E-state index in [9.17, 15) is 0 Å². The molecular formula is C13H9BrClNOS. The molecule has 0 fully saturated rings. The van der Waals surface area contributed by atoms with Gasteiger partial charge in [-0.15, -0.1) is 0 Å². The molecule has 5 heteroatoms. The van der Waals surface area contributed by atoms with E-state index in [1.807, 2.05) is 30.3 Å². The smallest absolute Gasteiger partial charge is 0.138 e. The molecule has 0 aromatic heterocycles. The zero-order chi connectivity index (χ0) is 13.1. The molecule has 18 heavy (non-hydrogen) atoms. The topological polar surface area (TPSA) is 35.2 Å². The van der Waals surface area contributed by atoms with E-state index in [2.05, 4.69) is 15.9 Å². The van der Waals surface area contributed by atoms with Crippen LogP contribution < -0.4 is 10.5 Å². The van der Waals surface area contributed by atoms with Gasteiger partial charge in [0.2, 0.25) is 0 Å². The highest BCUT2D eigenvalue weighted by atomic mass is 79.9. The maximum absolute atomic E-state index is 5.90. The summed E-state index contributed by atoms with van der Waals surface area (Å²) in [6, 6.07) is 12.6. The van der Waals surface area contributed by atoms with Gasteiger partial charge in [-0.3, -0.25) is 0 Å². The molecular weight excluding hydrogens is 334 g/mol. The quantitative estimate of drug-likeness (QED) is 0.832. The Bertz CT molecular complexity index is 603. The fraction of sp³-hybridized carbons (Fsp3) is 0. The van der Waals surface area contributed by atoms with Crippen LogP contribution in [0, 0.1) is 0 Å². The fourth-order valence-corrected chi connectivity index (χ4v) is 2.13. The average Bonchev–Trinajstić information content (AvgIpc) is 2.28. The normalized spacial score (nSPS) is 10.1. The predicted molar refractivity (Wildman–Crippen MR) is 81.6 cm³/mol. The van der Waals surface area contributed by atoms with Crippen molar-refractivity contribution in [2.45, 2.75) is 0 Å². The highest BCUT2D eigenvalue weighted by Crippen LogP contribution is 2.29. The number of rotatable bonds is 3. The summed E-state index contributed by atoms with van der Waals surface area (Å²) in [4.78, 5) is 0.291. The van der Waals surface area contributed by atoms with Crippen LogP contribution in [0.1, 0.15) is 5.56 Å². The molecule has 0 saturated heterocycles. The van der Waals surface area contributed by atoms with E-state index in [0.717, 1.165) is 4.47 Å². The van der Waals surface area contributed by atoms with Gasteiger partial charge >= 0.3 is 0 Å². The first-order chi connectivity index (χ1) is 8.56. The first-order valence-corrected chi connectivity index (χ1v) is 6.67. The van der Waals surface area contributed by atoms with Crippen molar-refractivity contribution in [2.24, 2.45) is 5.73 Å². The van der Waals surface area contributed by atoms with E-state index in [4.69, 9.17) is 34.3 Å². The lowest BCUT2D eigenvalue weighted by Gasteiger charge is -2.11. The van der Waals surface area contributed by atoms with Crippen LogP contribution in [0.5, 0.6) is 11.5 Å². The number of hydrogen-bond acceptors (Lipinski definition) is 2. The maximum Gasteiger partial charge on any atom is 0.138 e. The van der Waals surface area contributed by atoms with Crippen molar-refractivity contribution in [1.82, 2.24) is 0 Å². The molecule has 0 saturated carbocycles. The minimum absolute atomic E-state index is 0.291. The van der Waals surface area contributed by atoms with Gasteiger partial charge in [0.05, 0.1) is 5.56 Å². The lowest BCUT2D eigenvalue weighted by molar-refractivity contribution is 0.481. The van der Waals surface area contributed by atoms with Gasteiger partial charge in [0.25, 0.3) is 0 Å². The Balaban J connectivity index is 2.39. The predicted octanol–water partition coefficient (Wildman–Crippen LogP) is 4.53. The Morgan fingerprint density at radius 1 is 1.22 bits per heavy atom. The molecule has 0 aliphatic carbocycles. The summed E-state index contributed by atoms with van der Waals surface area (Å²) >= 11 is 14.3. The summed E-state index contributed by atoms with van der Waals surface area (Å²) < 4.78 is 6.64. The zero-order valence-corrected chi connectivity index (χ0v) is 12.3. The van der Waals surface area contributed by atoms with Crippen LogP contribution >= 0.6 is 39.7 Å². The first-order valence-electron chi connectivity index (χ1n) is 5.09. The van der Waals surface area contributed by atoms with Gasteiger partial charge < -0.3 is 10.5 Å². The minimum atomic E-state index is 0.291. The van der Waals surface area contributed by atoms with E-state index in [0.29, 0.717) is 27.1 Å². The van der Waals surface area contributed by atoms with Crippen molar-refractivity contribution in [3.63, 3.8) is 0 Å². The van der Waals surface area contributed by atoms with Crippen LogP contribution in [0.4, 0.5) is 0 Å². The lowest BCUT2D eigenvalue weighted by atomic mass is 10.2. The monoisotopic (exact) mass is 341 g/mol. The molecule has 0 aliphatic rings. The van der Waals surface area contributed by atoms with Gasteiger partial charge in [-0.2, -0.15) is 0 Å². The van der Waals surface area contributed by atoms with Gasteiger partial charge in [0.15, 0.2) is 0 Å². The molecule has 2 N–H and O–H groups in total. The molecule has 2 rings (SSSR count). The van der Waals surface area contributed by atoms with Gasteiger partial charge in [-0.1, -0.05) is 45.8 Å². The highest BCUT2D eigenvalue weighted by Gasteiger charge is 2.08. The lowest BCUT2D eigenvalue weighted by Crippen LogP contribution is -2.10. The van der Waals surface area contributed by atoms with Crippen LogP contribution in [0.3, 0.4) is 0 Å². The average molecular weight is 343 g/mol. The van der Waals surface area contributed by atoms with Gasteiger partial charge in [0, 0.05) is 9.50 Å². The van der Waals surface area contributed by atoms with E-state index in [1.54, 1.807) is 12.1 Å². The summed E-state index contributed by atoms with van der Waals surface area (Å²) in [5.74, 6) is 1.23. The Labute approximate surface area is 124 Å². The SMILES string of the molecule is NC(=S)c1ccc(Br)cc1Oc1cccc(Cl)c1. The summed E-state index contributed by atoms with van der Waals surface area (Å²) in [6.07, 6.45) is 0. The van der Waals surface area contributed by atoms with Gasteiger partial charge in [-0.05, 0) is 36.4 Å². The summed E-state index contributed by atoms with van der Waals surface area (Å²) in [5, 5.41) is 0.611. The van der Waals surface area contributed by atoms with Crippen LogP contribution in [0.2, 0.25) is 5.02 Å². The Morgan fingerprint density at radius 3 is 2.67 bits per heavy atom. The van der Waals surface area contributed by atoms with E-state index < -0.39 is 0 Å². The summed E-state index contributed by atoms with van der Waals surface area (Å²) in [7, 11) is 0. The molecule has 0 radical (unpaired) electrons. The first kappa shape index (κ1) is 13.3. The van der Waals surface area contributed by atoms with Crippen molar-refractivity contribution in [3.05, 3.63) is 57.5 Å². The fourth-order valence-electron chi connectivity index (χ4n) is 1.44. The summed E-state index contributed by atoms with van der Waals surface area (Å²) in [5.41, 5.74) is 6.35. The number of nitrogens with two attached hydrogens (primary N) is 1. The van der Waals surface area contributed by atoms with Gasteiger partial charge in [0.1, 0.15) is 16.5 Å². The molecule has 0 amide bonds. The number of thiocarbonyl (C=S) groups is 1. The molecule has 2 aromatic rings. The molecule has 92 valence electrons. The Hall–Kier alpha value is -1.10. The highest BCUT2D eigenvalue weighted by molar-refractivity contribution is 9.10. The van der Waals surface area contributed by atoms with E-state index >= 15 is 0 Å². The molecule has 2 aromatic carbocycles. The zero-order valence-electron chi connectivity index (χ0n) is 9.19. The minimum Gasteiger partial charge on any atom is -0.457 e. The largest absolute Gasteiger partial charge is 0.457 e. The second-order valence-electron chi connectivity index (χ2n) is 3.56. The van der Waals surface area contributed by atoms with Crippen LogP contribution in [0.15, 0.2) is 46.9 Å². The van der Waals surface area contributed by atoms with Crippen molar-refractivity contribution in [3.8, 4) is 11.5 Å². The van der Waals surface area contributed by atoms with Crippen molar-refractivity contribution in [1.29, 1.82) is 0 Å². The second kappa shape index (κ2) is 5.69. The third-order valence-corrected chi connectivity index (χ3v) is 3.18. The number of hydrogen-bond donors (Lipinski definition) is 1. The van der Waals surface area contributed by atoms with Crippen LogP contribution in [0.25, 0.3) is 0 Å². The third-order valence-electron chi connectivity index (χ3n) is 2.23. The van der Waals surface area contributed by atoms with Crippen molar-refractivity contribution < 1.29 is 4.74 Å². The van der Waals surface area contributed by atoms with Crippen molar-refractivity contribution >= 4 is 44.7 Å². The summed E-state index contributed by atoms with van der Waals surface area (Å²) in [6.45, 7) is 0. The third kappa shape index (κ3) is 3.22. The molecule has 0 atom stereocenters. The van der Waals surface area contributed by atoms with Crippen molar-refractivity contribution in [2.75, 3.05) is 0 Å². The Kier molecular flexibility index (Phi) is 4.22. The second-order valence-corrected chi connectivity index (χ2v) is 5.36. The number of halogens is 2. The molecule has 0 bridgehead atoms. The van der Waals surface area contributed by atoms with Crippen LogP contribution in [-0.4, -0.2) is 4.99 Å². The molecule has 0 spiro atoms.